The first-order valence-electron chi connectivity index (χ1n) is 7.69. The van der Waals surface area contributed by atoms with Crippen molar-refractivity contribution in [1.29, 1.82) is 0 Å². The number of aromatic nitrogens is 2. The van der Waals surface area contributed by atoms with Gasteiger partial charge in [-0.05, 0) is 29.8 Å². The monoisotopic (exact) mass is 347 g/mol. The third-order valence-electron chi connectivity index (χ3n) is 3.93. The number of carbonyl (C=O) groups excluding carboxylic acids is 2. The first-order chi connectivity index (χ1) is 11.6. The number of piperazine rings is 1. The first-order valence-corrected chi connectivity index (χ1v) is 8.06. The number of anilines is 1. The Morgan fingerprint density at radius 2 is 1.79 bits per heavy atom. The zero-order valence-corrected chi connectivity index (χ0v) is 13.8. The Bertz CT molecular complexity index is 694. The lowest BCUT2D eigenvalue weighted by Gasteiger charge is -2.34. The van der Waals surface area contributed by atoms with Gasteiger partial charge in [0.25, 0.3) is 0 Å². The second kappa shape index (κ2) is 7.35. The molecule has 2 N–H and O–H groups in total. The number of nitrogens with one attached hydrogen (secondary N) is 2. The van der Waals surface area contributed by atoms with Gasteiger partial charge in [-0.15, -0.1) is 0 Å². The van der Waals surface area contributed by atoms with Crippen molar-refractivity contribution >= 4 is 29.2 Å². The number of nitrogens with zero attached hydrogens (tertiary/aromatic N) is 3. The van der Waals surface area contributed by atoms with Crippen LogP contribution in [0.3, 0.4) is 0 Å². The number of hydrogen-bond donors (Lipinski definition) is 2. The lowest BCUT2D eigenvalue weighted by atomic mass is 10.2. The van der Waals surface area contributed by atoms with Crippen molar-refractivity contribution in [3.05, 3.63) is 47.2 Å². The molecule has 0 spiro atoms. The smallest absolute Gasteiger partial charge is 0.321 e. The average Bonchev–Trinajstić information content (AvgIpc) is 3.10. The second-order valence-electron chi connectivity index (χ2n) is 5.59. The molecule has 0 unspecified atom stereocenters. The molecule has 1 aromatic carbocycles. The Labute approximate surface area is 144 Å². The summed E-state index contributed by atoms with van der Waals surface area (Å²) in [6.45, 7) is 2.09. The van der Waals surface area contributed by atoms with Crippen LogP contribution >= 0.6 is 11.6 Å². The van der Waals surface area contributed by atoms with Gasteiger partial charge in [0.05, 0.1) is 12.6 Å². The van der Waals surface area contributed by atoms with E-state index in [0.29, 0.717) is 43.3 Å². The summed E-state index contributed by atoms with van der Waals surface area (Å²) in [5, 5.41) is 9.99. The summed E-state index contributed by atoms with van der Waals surface area (Å²) in [4.78, 5) is 28.0. The molecule has 126 valence electrons. The highest BCUT2D eigenvalue weighted by Gasteiger charge is 2.24. The number of hydrogen-bond acceptors (Lipinski definition) is 3. The number of carbonyl (C=O) groups is 2. The van der Waals surface area contributed by atoms with E-state index in [0.717, 1.165) is 5.56 Å². The number of benzene rings is 1. The zero-order chi connectivity index (χ0) is 16.9. The third kappa shape index (κ3) is 4.05. The van der Waals surface area contributed by atoms with Crippen LogP contribution in [-0.2, 0) is 11.2 Å². The first kappa shape index (κ1) is 16.3. The van der Waals surface area contributed by atoms with Gasteiger partial charge in [-0.25, -0.2) is 4.79 Å². The lowest BCUT2D eigenvalue weighted by molar-refractivity contribution is -0.131. The van der Waals surface area contributed by atoms with Crippen LogP contribution in [0.2, 0.25) is 5.02 Å². The molecule has 1 fully saturated rings. The highest BCUT2D eigenvalue weighted by molar-refractivity contribution is 6.30. The fraction of sp³-hybridized carbons (Fsp3) is 0.312. The number of amides is 3. The van der Waals surface area contributed by atoms with E-state index in [9.17, 15) is 9.59 Å². The van der Waals surface area contributed by atoms with Crippen molar-refractivity contribution in [3.8, 4) is 0 Å². The fourth-order valence-electron chi connectivity index (χ4n) is 2.56. The minimum absolute atomic E-state index is 0.0501. The van der Waals surface area contributed by atoms with E-state index in [1.807, 2.05) is 0 Å². The standard InChI is InChI=1S/C16H18ClN5O2/c17-13-1-3-14(4-2-13)20-16(24)22-7-5-21(6-8-22)15(23)9-12-10-18-19-11-12/h1-4,10-11H,5-9H2,(H,18,19)(H,20,24). The number of rotatable bonds is 3. The molecule has 2 aromatic rings. The van der Waals surface area contributed by atoms with E-state index in [-0.39, 0.29) is 11.9 Å². The van der Waals surface area contributed by atoms with Gasteiger partial charge in [0.1, 0.15) is 0 Å². The molecule has 0 aliphatic carbocycles. The van der Waals surface area contributed by atoms with Gasteiger partial charge < -0.3 is 15.1 Å². The molecule has 0 radical (unpaired) electrons. The molecule has 2 heterocycles. The van der Waals surface area contributed by atoms with E-state index in [1.54, 1.807) is 46.5 Å². The summed E-state index contributed by atoms with van der Waals surface area (Å²) in [5.74, 6) is 0.0501. The summed E-state index contributed by atoms with van der Waals surface area (Å²) < 4.78 is 0. The SMILES string of the molecule is O=C(Cc1cn[nH]c1)N1CCN(C(=O)Nc2ccc(Cl)cc2)CC1. The van der Waals surface area contributed by atoms with Crippen molar-refractivity contribution in [2.75, 3.05) is 31.5 Å². The van der Waals surface area contributed by atoms with Crippen LogP contribution in [0.25, 0.3) is 0 Å². The molecule has 0 saturated carbocycles. The van der Waals surface area contributed by atoms with E-state index >= 15 is 0 Å². The van der Waals surface area contributed by atoms with Crippen molar-refractivity contribution in [2.24, 2.45) is 0 Å². The summed E-state index contributed by atoms with van der Waals surface area (Å²) >= 11 is 5.83. The molecule has 1 aromatic heterocycles. The summed E-state index contributed by atoms with van der Waals surface area (Å²) in [5.41, 5.74) is 1.56. The maximum Gasteiger partial charge on any atom is 0.321 e. The van der Waals surface area contributed by atoms with Gasteiger partial charge in [-0.2, -0.15) is 5.10 Å². The molecule has 8 heteroatoms. The molecular formula is C16H18ClN5O2. The van der Waals surface area contributed by atoms with Crippen LogP contribution in [0.15, 0.2) is 36.7 Å². The quantitative estimate of drug-likeness (QED) is 0.890. The van der Waals surface area contributed by atoms with Gasteiger partial charge in [-0.3, -0.25) is 9.89 Å². The van der Waals surface area contributed by atoms with Crippen LogP contribution in [0.5, 0.6) is 0 Å². The van der Waals surface area contributed by atoms with Crippen LogP contribution in [0.1, 0.15) is 5.56 Å². The third-order valence-corrected chi connectivity index (χ3v) is 4.18. The van der Waals surface area contributed by atoms with Gasteiger partial charge in [-0.1, -0.05) is 11.6 Å². The van der Waals surface area contributed by atoms with Crippen molar-refractivity contribution in [2.45, 2.75) is 6.42 Å². The Morgan fingerprint density at radius 3 is 2.42 bits per heavy atom. The van der Waals surface area contributed by atoms with Crippen LogP contribution in [0.4, 0.5) is 10.5 Å². The number of halogens is 1. The Morgan fingerprint density at radius 1 is 1.12 bits per heavy atom. The molecule has 1 aliphatic rings. The largest absolute Gasteiger partial charge is 0.339 e. The number of urea groups is 1. The van der Waals surface area contributed by atoms with E-state index in [2.05, 4.69) is 15.5 Å². The van der Waals surface area contributed by atoms with Crippen molar-refractivity contribution in [1.82, 2.24) is 20.0 Å². The maximum absolute atomic E-state index is 12.3. The molecule has 3 rings (SSSR count). The minimum atomic E-state index is -0.167. The molecule has 3 amide bonds. The number of H-pyrrole nitrogens is 1. The Balaban J connectivity index is 1.48. The Hall–Kier alpha value is -2.54. The summed E-state index contributed by atoms with van der Waals surface area (Å²) in [6, 6.07) is 6.79. The normalized spacial score (nSPS) is 14.5. The fourth-order valence-corrected chi connectivity index (χ4v) is 2.68. The second-order valence-corrected chi connectivity index (χ2v) is 6.02. The van der Waals surface area contributed by atoms with Crippen molar-refractivity contribution < 1.29 is 9.59 Å². The maximum atomic E-state index is 12.3. The highest BCUT2D eigenvalue weighted by atomic mass is 35.5. The topological polar surface area (TPSA) is 81.3 Å². The molecule has 0 atom stereocenters. The van der Waals surface area contributed by atoms with E-state index in [4.69, 9.17) is 11.6 Å². The minimum Gasteiger partial charge on any atom is -0.339 e. The molecule has 1 aliphatic heterocycles. The zero-order valence-electron chi connectivity index (χ0n) is 13.0. The molecule has 0 bridgehead atoms. The van der Waals surface area contributed by atoms with Crippen molar-refractivity contribution in [3.63, 3.8) is 0 Å². The molecule has 7 nitrogen and oxygen atoms in total. The van der Waals surface area contributed by atoms with Gasteiger partial charge in [0, 0.05) is 43.1 Å². The average molecular weight is 348 g/mol. The molecular weight excluding hydrogens is 330 g/mol. The van der Waals surface area contributed by atoms with Crippen LogP contribution in [0, 0.1) is 0 Å². The summed E-state index contributed by atoms with van der Waals surface area (Å²) in [6.07, 6.45) is 3.69. The predicted octanol–water partition coefficient (Wildman–Crippen LogP) is 1.98. The molecule has 1 saturated heterocycles. The van der Waals surface area contributed by atoms with Crippen LogP contribution < -0.4 is 5.32 Å². The van der Waals surface area contributed by atoms with E-state index in [1.165, 1.54) is 0 Å². The van der Waals surface area contributed by atoms with E-state index < -0.39 is 0 Å². The van der Waals surface area contributed by atoms with Gasteiger partial charge in [0.15, 0.2) is 0 Å². The molecule has 24 heavy (non-hydrogen) atoms. The van der Waals surface area contributed by atoms with Crippen LogP contribution in [-0.4, -0.2) is 58.1 Å². The van der Waals surface area contributed by atoms with Gasteiger partial charge >= 0.3 is 6.03 Å². The Kier molecular flexibility index (Phi) is 5.00. The predicted molar refractivity (Wildman–Crippen MR) is 90.9 cm³/mol. The highest BCUT2D eigenvalue weighted by Crippen LogP contribution is 2.14. The van der Waals surface area contributed by atoms with Gasteiger partial charge in [0.2, 0.25) is 5.91 Å². The number of aromatic amines is 1. The lowest BCUT2D eigenvalue weighted by Crippen LogP contribution is -2.52. The summed E-state index contributed by atoms with van der Waals surface area (Å²) in [7, 11) is 0.